The average Bonchev–Trinajstić information content (AvgIpc) is 3.06. The van der Waals surface area contributed by atoms with Crippen LogP contribution in [0.15, 0.2) is 54.6 Å². The van der Waals surface area contributed by atoms with Gasteiger partial charge in [0, 0.05) is 19.5 Å². The van der Waals surface area contributed by atoms with E-state index in [0.717, 1.165) is 6.42 Å². The summed E-state index contributed by atoms with van der Waals surface area (Å²) in [6, 6.07) is 15.7. The second-order valence-corrected chi connectivity index (χ2v) is 6.57. The first-order chi connectivity index (χ1) is 13.1. The number of benzene rings is 2. The summed E-state index contributed by atoms with van der Waals surface area (Å²) in [6.45, 7) is 1.71. The van der Waals surface area contributed by atoms with E-state index in [9.17, 15) is 14.0 Å². The fraction of sp³-hybridized carbons (Fsp3) is 0.333. The lowest BCUT2D eigenvalue weighted by atomic mass is 10.1. The molecule has 1 atom stereocenters. The zero-order valence-electron chi connectivity index (χ0n) is 15.1. The molecule has 5 nitrogen and oxygen atoms in total. The van der Waals surface area contributed by atoms with Crippen LogP contribution in [-0.2, 0) is 16.0 Å². The van der Waals surface area contributed by atoms with Crippen molar-refractivity contribution < 1.29 is 18.7 Å². The van der Waals surface area contributed by atoms with Gasteiger partial charge in [0.25, 0.3) is 0 Å². The summed E-state index contributed by atoms with van der Waals surface area (Å²) in [7, 11) is 0. The molecule has 1 unspecified atom stereocenters. The number of nitrogens with one attached hydrogen (secondary N) is 1. The van der Waals surface area contributed by atoms with Gasteiger partial charge in [-0.05, 0) is 36.2 Å². The minimum absolute atomic E-state index is 0.0219. The summed E-state index contributed by atoms with van der Waals surface area (Å²) in [6.07, 6.45) is 1.03. The first-order valence-corrected chi connectivity index (χ1v) is 9.09. The van der Waals surface area contributed by atoms with Crippen LogP contribution >= 0.6 is 0 Å². The molecule has 2 aromatic carbocycles. The largest absolute Gasteiger partial charge is 0.492 e. The lowest BCUT2D eigenvalue weighted by Crippen LogP contribution is -2.35. The molecule has 1 aliphatic rings. The SMILES string of the molecule is O=C(NCCOc1ccc(F)cc1)C1CC(=O)N(CCc2ccccc2)C1. The molecule has 6 heteroatoms. The van der Waals surface area contributed by atoms with E-state index in [-0.39, 0.29) is 36.6 Å². The molecule has 3 rings (SSSR count). The van der Waals surface area contributed by atoms with Gasteiger partial charge in [-0.25, -0.2) is 4.39 Å². The van der Waals surface area contributed by atoms with Crippen LogP contribution in [0.5, 0.6) is 5.75 Å². The second kappa shape index (κ2) is 9.16. The van der Waals surface area contributed by atoms with Gasteiger partial charge in [0.1, 0.15) is 18.2 Å². The van der Waals surface area contributed by atoms with Gasteiger partial charge in [-0.15, -0.1) is 0 Å². The van der Waals surface area contributed by atoms with Gasteiger partial charge in [0.2, 0.25) is 11.8 Å². The normalized spacial score (nSPS) is 16.4. The Morgan fingerprint density at radius 2 is 1.89 bits per heavy atom. The number of likely N-dealkylation sites (tertiary alicyclic amines) is 1. The topological polar surface area (TPSA) is 58.6 Å². The van der Waals surface area contributed by atoms with Crippen molar-refractivity contribution in [3.8, 4) is 5.75 Å². The van der Waals surface area contributed by atoms with Crippen LogP contribution in [0.2, 0.25) is 0 Å². The summed E-state index contributed by atoms with van der Waals surface area (Å²) >= 11 is 0. The van der Waals surface area contributed by atoms with Crippen LogP contribution in [0.1, 0.15) is 12.0 Å². The van der Waals surface area contributed by atoms with Crippen molar-refractivity contribution in [1.29, 1.82) is 0 Å². The number of rotatable bonds is 8. The van der Waals surface area contributed by atoms with Gasteiger partial charge < -0.3 is 15.0 Å². The fourth-order valence-electron chi connectivity index (χ4n) is 3.09. The quantitative estimate of drug-likeness (QED) is 0.726. The number of halogens is 1. The van der Waals surface area contributed by atoms with Crippen LogP contribution in [0.25, 0.3) is 0 Å². The Balaban J connectivity index is 1.37. The van der Waals surface area contributed by atoms with E-state index in [2.05, 4.69) is 5.32 Å². The van der Waals surface area contributed by atoms with E-state index in [0.29, 0.717) is 25.4 Å². The van der Waals surface area contributed by atoms with E-state index < -0.39 is 0 Å². The van der Waals surface area contributed by atoms with Gasteiger partial charge in [-0.1, -0.05) is 30.3 Å². The highest BCUT2D eigenvalue weighted by Gasteiger charge is 2.33. The standard InChI is InChI=1S/C21H23FN2O3/c22-18-6-8-19(9-7-18)27-13-11-23-21(26)17-14-20(25)24(15-17)12-10-16-4-2-1-3-5-16/h1-9,17H,10-15H2,(H,23,26). The zero-order valence-corrected chi connectivity index (χ0v) is 15.1. The third kappa shape index (κ3) is 5.54. The van der Waals surface area contributed by atoms with Gasteiger partial charge >= 0.3 is 0 Å². The Kier molecular flexibility index (Phi) is 6.41. The maximum atomic E-state index is 12.8. The molecular weight excluding hydrogens is 347 g/mol. The van der Waals surface area contributed by atoms with Crippen molar-refractivity contribution >= 4 is 11.8 Å². The van der Waals surface area contributed by atoms with Crippen LogP contribution in [-0.4, -0.2) is 43.0 Å². The summed E-state index contributed by atoms with van der Waals surface area (Å²) in [5.74, 6) is -0.201. The van der Waals surface area contributed by atoms with E-state index in [1.807, 2.05) is 30.3 Å². The summed E-state index contributed by atoms with van der Waals surface area (Å²) in [5, 5.41) is 2.80. The summed E-state index contributed by atoms with van der Waals surface area (Å²) in [4.78, 5) is 26.2. The number of nitrogens with zero attached hydrogens (tertiary/aromatic N) is 1. The molecular formula is C21H23FN2O3. The Bertz CT molecular complexity index is 765. The van der Waals surface area contributed by atoms with Gasteiger partial charge in [0.05, 0.1) is 12.5 Å². The van der Waals surface area contributed by atoms with Crippen LogP contribution < -0.4 is 10.1 Å². The van der Waals surface area contributed by atoms with E-state index >= 15 is 0 Å². The third-order valence-corrected chi connectivity index (χ3v) is 4.58. The average molecular weight is 370 g/mol. The molecule has 1 saturated heterocycles. The molecule has 2 amide bonds. The van der Waals surface area contributed by atoms with Gasteiger partial charge in [-0.3, -0.25) is 9.59 Å². The Morgan fingerprint density at radius 3 is 2.63 bits per heavy atom. The lowest BCUT2D eigenvalue weighted by molar-refractivity contribution is -0.129. The highest BCUT2D eigenvalue weighted by molar-refractivity contribution is 5.89. The van der Waals surface area contributed by atoms with Crippen molar-refractivity contribution in [2.24, 2.45) is 5.92 Å². The molecule has 1 N–H and O–H groups in total. The highest BCUT2D eigenvalue weighted by Crippen LogP contribution is 2.18. The molecule has 0 spiro atoms. The minimum atomic E-state index is -0.321. The Morgan fingerprint density at radius 1 is 1.15 bits per heavy atom. The molecule has 0 bridgehead atoms. The molecule has 0 aliphatic carbocycles. The second-order valence-electron chi connectivity index (χ2n) is 6.57. The number of hydrogen-bond donors (Lipinski definition) is 1. The van der Waals surface area contributed by atoms with Crippen molar-refractivity contribution in [3.05, 3.63) is 66.0 Å². The van der Waals surface area contributed by atoms with Crippen molar-refractivity contribution in [2.45, 2.75) is 12.8 Å². The monoisotopic (exact) mass is 370 g/mol. The van der Waals surface area contributed by atoms with E-state index in [1.165, 1.54) is 29.8 Å². The minimum Gasteiger partial charge on any atom is -0.492 e. The van der Waals surface area contributed by atoms with Crippen molar-refractivity contribution in [3.63, 3.8) is 0 Å². The smallest absolute Gasteiger partial charge is 0.225 e. The van der Waals surface area contributed by atoms with Crippen molar-refractivity contribution in [1.82, 2.24) is 10.2 Å². The molecule has 2 aromatic rings. The van der Waals surface area contributed by atoms with E-state index in [1.54, 1.807) is 4.90 Å². The number of amides is 2. The van der Waals surface area contributed by atoms with Crippen LogP contribution in [0, 0.1) is 11.7 Å². The molecule has 0 aromatic heterocycles. The number of carbonyl (C=O) groups excluding carboxylic acids is 2. The summed E-state index contributed by atoms with van der Waals surface area (Å²) in [5.41, 5.74) is 1.18. The molecule has 1 fully saturated rings. The number of ether oxygens (including phenoxy) is 1. The first kappa shape index (κ1) is 18.9. The Hall–Kier alpha value is -2.89. The van der Waals surface area contributed by atoms with Crippen molar-refractivity contribution in [2.75, 3.05) is 26.2 Å². The molecule has 27 heavy (non-hydrogen) atoms. The highest BCUT2D eigenvalue weighted by atomic mass is 19.1. The maximum absolute atomic E-state index is 12.8. The predicted octanol–water partition coefficient (Wildman–Crippen LogP) is 2.41. The molecule has 0 radical (unpaired) electrons. The molecule has 1 heterocycles. The number of carbonyl (C=O) groups is 2. The first-order valence-electron chi connectivity index (χ1n) is 9.09. The maximum Gasteiger partial charge on any atom is 0.225 e. The molecule has 1 aliphatic heterocycles. The number of hydrogen-bond acceptors (Lipinski definition) is 3. The van der Waals surface area contributed by atoms with Gasteiger partial charge in [0.15, 0.2) is 0 Å². The zero-order chi connectivity index (χ0) is 19.1. The van der Waals surface area contributed by atoms with Crippen LogP contribution in [0.4, 0.5) is 4.39 Å². The molecule has 142 valence electrons. The molecule has 0 saturated carbocycles. The van der Waals surface area contributed by atoms with E-state index in [4.69, 9.17) is 4.74 Å². The van der Waals surface area contributed by atoms with Crippen LogP contribution in [0.3, 0.4) is 0 Å². The fourth-order valence-corrected chi connectivity index (χ4v) is 3.09. The van der Waals surface area contributed by atoms with Gasteiger partial charge in [-0.2, -0.15) is 0 Å². The Labute approximate surface area is 158 Å². The summed E-state index contributed by atoms with van der Waals surface area (Å²) < 4.78 is 18.3. The lowest BCUT2D eigenvalue weighted by Gasteiger charge is -2.16. The predicted molar refractivity (Wildman–Crippen MR) is 99.7 cm³/mol. The third-order valence-electron chi connectivity index (χ3n) is 4.58.